The van der Waals surface area contributed by atoms with Gasteiger partial charge in [-0.3, -0.25) is 0 Å². The first-order valence-corrected chi connectivity index (χ1v) is 6.67. The number of aryl methyl sites for hydroxylation is 2. The van der Waals surface area contributed by atoms with Crippen molar-refractivity contribution >= 4 is 0 Å². The van der Waals surface area contributed by atoms with Crippen molar-refractivity contribution in [2.45, 2.75) is 33.1 Å². The molecular formula is C17H20. The minimum atomic E-state index is 0.725. The van der Waals surface area contributed by atoms with E-state index in [4.69, 9.17) is 0 Å². The minimum Gasteiger partial charge on any atom is -0.0802 e. The molecule has 0 heterocycles. The van der Waals surface area contributed by atoms with Gasteiger partial charge in [-0.2, -0.15) is 0 Å². The van der Waals surface area contributed by atoms with Gasteiger partial charge in [-0.1, -0.05) is 47.6 Å². The molecule has 17 heavy (non-hydrogen) atoms. The van der Waals surface area contributed by atoms with E-state index in [1.807, 2.05) is 0 Å². The SMILES string of the molecule is CC1=CC2CCc3cc(C)ccc3CC2C=C1. The zero-order valence-electron chi connectivity index (χ0n) is 10.7. The normalized spacial score (nSPS) is 26.8. The summed E-state index contributed by atoms with van der Waals surface area (Å²) in [6, 6.07) is 6.98. The Morgan fingerprint density at radius 2 is 1.94 bits per heavy atom. The van der Waals surface area contributed by atoms with E-state index in [2.05, 4.69) is 50.3 Å². The Kier molecular flexibility index (Phi) is 2.66. The van der Waals surface area contributed by atoms with Crippen LogP contribution in [0.4, 0.5) is 0 Å². The van der Waals surface area contributed by atoms with Crippen molar-refractivity contribution < 1.29 is 0 Å². The van der Waals surface area contributed by atoms with Crippen molar-refractivity contribution in [3.8, 4) is 0 Å². The van der Waals surface area contributed by atoms with Crippen LogP contribution < -0.4 is 0 Å². The molecule has 0 N–H and O–H groups in total. The van der Waals surface area contributed by atoms with Gasteiger partial charge in [0.15, 0.2) is 0 Å². The third-order valence-corrected chi connectivity index (χ3v) is 4.20. The Labute approximate surface area is 104 Å². The van der Waals surface area contributed by atoms with Crippen molar-refractivity contribution in [1.29, 1.82) is 0 Å². The van der Waals surface area contributed by atoms with Gasteiger partial charge in [0.25, 0.3) is 0 Å². The summed E-state index contributed by atoms with van der Waals surface area (Å²) in [7, 11) is 0. The average molecular weight is 224 g/mol. The Bertz CT molecular complexity index is 491. The van der Waals surface area contributed by atoms with Crippen LogP contribution in [0.5, 0.6) is 0 Å². The van der Waals surface area contributed by atoms with Crippen LogP contribution in [-0.4, -0.2) is 0 Å². The lowest BCUT2D eigenvalue weighted by molar-refractivity contribution is 0.451. The van der Waals surface area contributed by atoms with E-state index >= 15 is 0 Å². The molecule has 0 fully saturated rings. The molecule has 1 aromatic carbocycles. The maximum absolute atomic E-state index is 2.48. The first-order valence-electron chi connectivity index (χ1n) is 6.67. The summed E-state index contributed by atoms with van der Waals surface area (Å²) >= 11 is 0. The van der Waals surface area contributed by atoms with Crippen LogP contribution in [0.25, 0.3) is 0 Å². The fraction of sp³-hybridized carbons (Fsp3) is 0.412. The van der Waals surface area contributed by atoms with Gasteiger partial charge in [0, 0.05) is 0 Å². The molecule has 1 aromatic rings. The molecule has 0 amide bonds. The lowest BCUT2D eigenvalue weighted by atomic mass is 9.82. The first kappa shape index (κ1) is 10.8. The Balaban J connectivity index is 1.94. The number of fused-ring (bicyclic) bond motifs is 2. The van der Waals surface area contributed by atoms with E-state index in [-0.39, 0.29) is 0 Å². The molecule has 0 radical (unpaired) electrons. The van der Waals surface area contributed by atoms with Crippen molar-refractivity contribution in [1.82, 2.24) is 0 Å². The van der Waals surface area contributed by atoms with E-state index in [0.29, 0.717) is 0 Å². The smallest absolute Gasteiger partial charge is 0.0126 e. The fourth-order valence-corrected chi connectivity index (χ4v) is 3.21. The summed E-state index contributed by atoms with van der Waals surface area (Å²) < 4.78 is 0. The van der Waals surface area contributed by atoms with Crippen LogP contribution in [0.2, 0.25) is 0 Å². The van der Waals surface area contributed by atoms with Crippen LogP contribution >= 0.6 is 0 Å². The molecule has 2 atom stereocenters. The van der Waals surface area contributed by atoms with Gasteiger partial charge in [0.2, 0.25) is 0 Å². The molecule has 0 saturated carbocycles. The second kappa shape index (κ2) is 4.18. The minimum absolute atomic E-state index is 0.725. The number of rotatable bonds is 0. The van der Waals surface area contributed by atoms with E-state index in [1.54, 1.807) is 11.1 Å². The quantitative estimate of drug-likeness (QED) is 0.618. The Morgan fingerprint density at radius 3 is 2.82 bits per heavy atom. The molecule has 0 saturated heterocycles. The van der Waals surface area contributed by atoms with Gasteiger partial charge in [-0.15, -0.1) is 0 Å². The van der Waals surface area contributed by atoms with Gasteiger partial charge in [-0.25, -0.2) is 0 Å². The summed E-state index contributed by atoms with van der Waals surface area (Å²) in [4.78, 5) is 0. The molecule has 0 heteroatoms. The van der Waals surface area contributed by atoms with Crippen molar-refractivity contribution in [3.63, 3.8) is 0 Å². The zero-order chi connectivity index (χ0) is 11.8. The van der Waals surface area contributed by atoms with Crippen molar-refractivity contribution in [3.05, 3.63) is 58.7 Å². The predicted octanol–water partition coefficient (Wildman–Crippen LogP) is 4.23. The summed E-state index contributed by atoms with van der Waals surface area (Å²) in [6.45, 7) is 4.41. The maximum Gasteiger partial charge on any atom is -0.0126 e. The summed E-state index contributed by atoms with van der Waals surface area (Å²) in [5.41, 5.74) is 5.99. The summed E-state index contributed by atoms with van der Waals surface area (Å²) in [6.07, 6.45) is 11.0. The molecule has 0 spiro atoms. The second-order valence-electron chi connectivity index (χ2n) is 5.61. The molecule has 0 nitrogen and oxygen atoms in total. The zero-order valence-corrected chi connectivity index (χ0v) is 10.7. The molecule has 2 unspecified atom stereocenters. The largest absolute Gasteiger partial charge is 0.0802 e. The van der Waals surface area contributed by atoms with Gasteiger partial charge in [-0.05, 0) is 56.1 Å². The first-order chi connectivity index (χ1) is 8.22. The highest BCUT2D eigenvalue weighted by Gasteiger charge is 2.24. The van der Waals surface area contributed by atoms with Crippen LogP contribution in [0.15, 0.2) is 42.0 Å². The highest BCUT2D eigenvalue weighted by Crippen LogP contribution is 2.34. The third-order valence-electron chi connectivity index (χ3n) is 4.20. The van der Waals surface area contributed by atoms with E-state index in [9.17, 15) is 0 Å². The molecule has 0 bridgehead atoms. The van der Waals surface area contributed by atoms with Gasteiger partial charge in [0.1, 0.15) is 0 Å². The second-order valence-corrected chi connectivity index (χ2v) is 5.61. The lowest BCUT2D eigenvalue weighted by Gasteiger charge is -2.23. The van der Waals surface area contributed by atoms with E-state index in [0.717, 1.165) is 11.8 Å². The fourth-order valence-electron chi connectivity index (χ4n) is 3.21. The third kappa shape index (κ3) is 2.09. The number of allylic oxidation sites excluding steroid dienone is 4. The highest BCUT2D eigenvalue weighted by molar-refractivity contribution is 5.35. The van der Waals surface area contributed by atoms with E-state index < -0.39 is 0 Å². The predicted molar refractivity (Wildman–Crippen MR) is 73.1 cm³/mol. The Morgan fingerprint density at radius 1 is 1.06 bits per heavy atom. The maximum atomic E-state index is 2.48. The molecule has 0 aliphatic heterocycles. The van der Waals surface area contributed by atoms with Gasteiger partial charge in [0.05, 0.1) is 0 Å². The van der Waals surface area contributed by atoms with Crippen LogP contribution in [0.1, 0.15) is 30.0 Å². The summed E-state index contributed by atoms with van der Waals surface area (Å²) in [5.74, 6) is 1.48. The van der Waals surface area contributed by atoms with Gasteiger partial charge >= 0.3 is 0 Å². The number of hydrogen-bond acceptors (Lipinski definition) is 0. The monoisotopic (exact) mass is 224 g/mol. The van der Waals surface area contributed by atoms with Crippen LogP contribution in [0, 0.1) is 18.8 Å². The summed E-state index contributed by atoms with van der Waals surface area (Å²) in [5, 5.41) is 0. The number of hydrogen-bond donors (Lipinski definition) is 0. The Hall–Kier alpha value is -1.30. The van der Waals surface area contributed by atoms with Crippen LogP contribution in [0.3, 0.4) is 0 Å². The number of benzene rings is 1. The molecule has 3 rings (SSSR count). The topological polar surface area (TPSA) is 0 Å². The molecule has 2 aliphatic rings. The van der Waals surface area contributed by atoms with E-state index in [1.165, 1.54) is 30.4 Å². The van der Waals surface area contributed by atoms with Crippen molar-refractivity contribution in [2.75, 3.05) is 0 Å². The molecule has 88 valence electrons. The van der Waals surface area contributed by atoms with Crippen molar-refractivity contribution in [2.24, 2.45) is 11.8 Å². The lowest BCUT2D eigenvalue weighted by Crippen LogP contribution is -2.14. The van der Waals surface area contributed by atoms with Gasteiger partial charge < -0.3 is 0 Å². The molecule has 2 aliphatic carbocycles. The standard InChI is InChI=1S/C17H20/c1-12-3-5-16-11-17-6-4-13(2)10-15(17)8-7-14(16)9-12/h3-6,9-10,14,16H,7-8,11H2,1-2H3. The van der Waals surface area contributed by atoms with Crippen LogP contribution in [-0.2, 0) is 12.8 Å². The average Bonchev–Trinajstić information content (AvgIpc) is 2.48. The molecule has 0 aromatic heterocycles. The molecular weight excluding hydrogens is 204 g/mol. The highest BCUT2D eigenvalue weighted by atomic mass is 14.3.